The molecule has 9 nitrogen and oxygen atoms in total. The van der Waals surface area contributed by atoms with E-state index in [2.05, 4.69) is 35.2 Å². The number of carbonyl (C=O) groups excluding carboxylic acids is 1. The quantitative estimate of drug-likeness (QED) is 0.122. The molecule has 58 heavy (non-hydrogen) atoms. The van der Waals surface area contributed by atoms with E-state index in [9.17, 15) is 41.0 Å². The van der Waals surface area contributed by atoms with Crippen LogP contribution in [0.4, 0.5) is 32.0 Å². The fraction of sp³-hybridized carbons (Fsp3) is 0.186. The van der Waals surface area contributed by atoms with Crippen LogP contribution in [0.5, 0.6) is 34.5 Å². The van der Waals surface area contributed by atoms with Crippen molar-refractivity contribution in [2.75, 3.05) is 4.90 Å². The molecule has 5 aromatic carbocycles. The summed E-state index contributed by atoms with van der Waals surface area (Å²) in [7, 11) is 0. The summed E-state index contributed by atoms with van der Waals surface area (Å²) in [6.07, 6.45) is -8.68. The number of halogens is 6. The van der Waals surface area contributed by atoms with Gasteiger partial charge in [-0.15, -0.1) is 26.3 Å². The van der Waals surface area contributed by atoms with Crippen molar-refractivity contribution < 1.29 is 60.0 Å². The van der Waals surface area contributed by atoms with Crippen LogP contribution < -0.4 is 23.8 Å². The molecule has 1 N–H and O–H groups in total. The highest BCUT2D eigenvalue weighted by molar-refractivity contribution is 6.09. The Hall–Kier alpha value is -6.77. The van der Waals surface area contributed by atoms with Crippen LogP contribution in [0.25, 0.3) is 10.8 Å². The zero-order valence-corrected chi connectivity index (χ0v) is 31.0. The Labute approximate surface area is 328 Å². The Morgan fingerprint density at radius 2 is 1.09 bits per heavy atom. The minimum atomic E-state index is -4.99. The minimum absolute atomic E-state index is 0.0316. The van der Waals surface area contributed by atoms with Gasteiger partial charge in [0, 0.05) is 23.7 Å². The lowest BCUT2D eigenvalue weighted by molar-refractivity contribution is -0.275. The summed E-state index contributed by atoms with van der Waals surface area (Å²) in [5.41, 5.74) is 1.34. The van der Waals surface area contributed by atoms with Crippen LogP contribution in [-0.2, 0) is 16.6 Å². The molecule has 0 saturated carbocycles. The Morgan fingerprint density at radius 3 is 1.60 bits per heavy atom. The lowest BCUT2D eigenvalue weighted by Crippen LogP contribution is -2.47. The van der Waals surface area contributed by atoms with Gasteiger partial charge in [-0.3, -0.25) is 14.7 Å². The maximum atomic E-state index is 14.3. The van der Waals surface area contributed by atoms with Crippen molar-refractivity contribution in [1.29, 1.82) is 0 Å². The summed E-state index contributed by atoms with van der Waals surface area (Å²) in [6.45, 7) is 6.32. The van der Waals surface area contributed by atoms with Crippen LogP contribution in [0.1, 0.15) is 42.4 Å². The summed E-state index contributed by atoms with van der Waals surface area (Å²) in [4.78, 5) is 32.4. The van der Waals surface area contributed by atoms with Crippen molar-refractivity contribution in [3.63, 3.8) is 0 Å². The van der Waals surface area contributed by atoms with Crippen LogP contribution in [0, 0.1) is 0 Å². The zero-order chi connectivity index (χ0) is 41.8. The molecular formula is C43H34F6N2O7. The van der Waals surface area contributed by atoms with Crippen molar-refractivity contribution in [3.8, 4) is 34.5 Å². The van der Waals surface area contributed by atoms with E-state index in [1.54, 1.807) is 18.2 Å². The summed E-state index contributed by atoms with van der Waals surface area (Å²) in [6, 6.07) is 27.7. The number of carbonyl (C=O) groups is 2. The highest BCUT2D eigenvalue weighted by Gasteiger charge is 2.35. The van der Waals surface area contributed by atoms with E-state index in [4.69, 9.17) is 9.47 Å². The summed E-state index contributed by atoms with van der Waals surface area (Å²) < 4.78 is 95.9. The molecule has 6 aromatic rings. The Bertz CT molecular complexity index is 2380. The molecule has 300 valence electrons. The molecule has 0 bridgehead atoms. The first-order valence-electron chi connectivity index (χ1n) is 17.5. The van der Waals surface area contributed by atoms with Gasteiger partial charge in [0.05, 0.1) is 0 Å². The Balaban J connectivity index is 1.25. The Morgan fingerprint density at radius 1 is 0.621 bits per heavy atom. The van der Waals surface area contributed by atoms with Crippen molar-refractivity contribution in [2.45, 2.75) is 51.4 Å². The van der Waals surface area contributed by atoms with Crippen molar-refractivity contribution in [3.05, 3.63) is 144 Å². The molecular weight excluding hydrogens is 770 g/mol. The number of carboxylic acids is 1. The maximum Gasteiger partial charge on any atom is 0.573 e. The smallest absolute Gasteiger partial charge is 0.480 e. The number of rotatable bonds is 12. The standard InChI is InChI=1S/C43H34F6N2O7/c1-41(2,3)29-7-14-32(15-8-29)56-36-13-6-27-24-37(50-25-28(27)23-36)39(52)51(30-9-16-34(17-10-30)57-42(44,45)46)38(40(53)54)22-26-4-11-31(12-5-26)55-33-18-20-35(21-19-33)58-43(47,48)49/h4-21,23-25,38H,22H2,1-3H3,(H,53,54)/t38-/m0/s1. The molecule has 1 atom stereocenters. The molecule has 0 radical (unpaired) electrons. The molecule has 0 aliphatic carbocycles. The Kier molecular flexibility index (Phi) is 11.5. The van der Waals surface area contributed by atoms with Gasteiger partial charge in [-0.05, 0) is 113 Å². The van der Waals surface area contributed by atoms with E-state index in [1.165, 1.54) is 48.7 Å². The number of carboxylic acid groups (broad SMARTS) is 1. The van der Waals surface area contributed by atoms with Crippen LogP contribution >= 0.6 is 0 Å². The number of amides is 1. The third kappa shape index (κ3) is 10.7. The highest BCUT2D eigenvalue weighted by Crippen LogP contribution is 2.32. The minimum Gasteiger partial charge on any atom is -0.480 e. The summed E-state index contributed by atoms with van der Waals surface area (Å²) >= 11 is 0. The second kappa shape index (κ2) is 16.4. The van der Waals surface area contributed by atoms with Gasteiger partial charge in [0.15, 0.2) is 0 Å². The molecule has 0 spiro atoms. The first-order valence-corrected chi connectivity index (χ1v) is 17.5. The predicted octanol–water partition coefficient (Wildman–Crippen LogP) is 11.3. The number of nitrogens with zero attached hydrogens (tertiary/aromatic N) is 2. The number of alkyl halides is 6. The van der Waals surface area contributed by atoms with Crippen LogP contribution in [-0.4, -0.2) is 40.7 Å². The topological polar surface area (TPSA) is 107 Å². The number of hydrogen-bond donors (Lipinski definition) is 1. The molecule has 15 heteroatoms. The molecule has 0 aliphatic heterocycles. The largest absolute Gasteiger partial charge is 0.573 e. The predicted molar refractivity (Wildman–Crippen MR) is 202 cm³/mol. The van der Waals surface area contributed by atoms with Gasteiger partial charge in [0.2, 0.25) is 0 Å². The average Bonchev–Trinajstić information content (AvgIpc) is 3.15. The number of pyridine rings is 1. The second-order valence-corrected chi connectivity index (χ2v) is 14.0. The van der Waals surface area contributed by atoms with E-state index in [-0.39, 0.29) is 34.7 Å². The van der Waals surface area contributed by atoms with Crippen LogP contribution in [0.2, 0.25) is 0 Å². The third-order valence-electron chi connectivity index (χ3n) is 8.68. The number of aromatic nitrogens is 1. The monoisotopic (exact) mass is 804 g/mol. The molecule has 1 amide bonds. The van der Waals surface area contributed by atoms with Crippen molar-refractivity contribution in [1.82, 2.24) is 4.98 Å². The number of fused-ring (bicyclic) bond motifs is 1. The van der Waals surface area contributed by atoms with Crippen molar-refractivity contribution in [2.24, 2.45) is 0 Å². The lowest BCUT2D eigenvalue weighted by Gasteiger charge is -2.29. The molecule has 0 fully saturated rings. The summed E-state index contributed by atoms with van der Waals surface area (Å²) in [5, 5.41) is 11.7. The zero-order valence-electron chi connectivity index (χ0n) is 31.0. The second-order valence-electron chi connectivity index (χ2n) is 14.0. The molecule has 0 saturated heterocycles. The van der Waals surface area contributed by atoms with Gasteiger partial charge in [0.1, 0.15) is 46.2 Å². The van der Waals surface area contributed by atoms with E-state index in [0.717, 1.165) is 46.9 Å². The first kappa shape index (κ1) is 40.9. The van der Waals surface area contributed by atoms with E-state index < -0.39 is 42.1 Å². The van der Waals surface area contributed by atoms with Gasteiger partial charge >= 0.3 is 18.7 Å². The van der Waals surface area contributed by atoms with Crippen molar-refractivity contribution >= 4 is 28.3 Å². The average molecular weight is 805 g/mol. The van der Waals surface area contributed by atoms with E-state index in [0.29, 0.717) is 27.8 Å². The number of anilines is 1. The summed E-state index contributed by atoms with van der Waals surface area (Å²) in [5.74, 6) is -1.72. The molecule has 6 rings (SSSR count). The number of benzene rings is 5. The van der Waals surface area contributed by atoms with Gasteiger partial charge in [-0.1, -0.05) is 51.1 Å². The normalized spacial score (nSPS) is 12.4. The van der Waals surface area contributed by atoms with Gasteiger partial charge < -0.3 is 24.1 Å². The van der Waals surface area contributed by atoms with E-state index in [1.807, 2.05) is 24.3 Å². The van der Waals surface area contributed by atoms with Crippen LogP contribution in [0.15, 0.2) is 128 Å². The fourth-order valence-electron chi connectivity index (χ4n) is 5.88. The lowest BCUT2D eigenvalue weighted by atomic mass is 9.87. The number of ether oxygens (including phenoxy) is 4. The first-order chi connectivity index (χ1) is 27.3. The molecule has 0 unspecified atom stereocenters. The molecule has 1 aromatic heterocycles. The number of aliphatic carboxylic acids is 1. The highest BCUT2D eigenvalue weighted by atomic mass is 19.4. The third-order valence-corrected chi connectivity index (χ3v) is 8.68. The molecule has 0 aliphatic rings. The number of hydrogen-bond acceptors (Lipinski definition) is 7. The van der Waals surface area contributed by atoms with Gasteiger partial charge in [-0.2, -0.15) is 0 Å². The maximum absolute atomic E-state index is 14.3. The van der Waals surface area contributed by atoms with E-state index >= 15 is 0 Å². The fourth-order valence-corrected chi connectivity index (χ4v) is 5.88. The van der Waals surface area contributed by atoms with Gasteiger partial charge in [0.25, 0.3) is 5.91 Å². The van der Waals surface area contributed by atoms with Crippen LogP contribution in [0.3, 0.4) is 0 Å². The van der Waals surface area contributed by atoms with Gasteiger partial charge in [-0.25, -0.2) is 4.79 Å². The molecule has 1 heterocycles. The SMILES string of the molecule is CC(C)(C)c1ccc(Oc2ccc3cc(C(=O)N(c4ccc(OC(F)(F)F)cc4)[C@@H](Cc4ccc(Oc5ccc(OC(F)(F)F)cc5)cc4)C(=O)O)ncc3c2)cc1.